The van der Waals surface area contributed by atoms with Crippen LogP contribution in [0.2, 0.25) is 5.02 Å². The highest BCUT2D eigenvalue weighted by Crippen LogP contribution is 2.36. The molecule has 0 heterocycles. The van der Waals surface area contributed by atoms with Crippen molar-refractivity contribution in [3.63, 3.8) is 0 Å². The second-order valence-electron chi connectivity index (χ2n) is 4.77. The summed E-state index contributed by atoms with van der Waals surface area (Å²) < 4.78 is 23.6. The first kappa shape index (κ1) is 16.6. The van der Waals surface area contributed by atoms with E-state index in [9.17, 15) is 4.39 Å². The van der Waals surface area contributed by atoms with Gasteiger partial charge >= 0.3 is 0 Å². The van der Waals surface area contributed by atoms with Gasteiger partial charge in [-0.1, -0.05) is 23.7 Å². The standard InChI is InChI=1S/C17H19ClFNO2/c1-3-22-16-9-13(8-15(18)17(16)21-2)11-20-10-12-4-6-14(19)7-5-12/h4-9,20H,3,10-11H2,1-2H3. The third-order valence-corrected chi connectivity index (χ3v) is 3.43. The van der Waals surface area contributed by atoms with Gasteiger partial charge in [0.05, 0.1) is 18.7 Å². The molecule has 1 N–H and O–H groups in total. The second kappa shape index (κ2) is 8.01. The molecular formula is C17H19ClFNO2. The highest BCUT2D eigenvalue weighted by molar-refractivity contribution is 6.32. The van der Waals surface area contributed by atoms with Gasteiger partial charge in [0.1, 0.15) is 5.82 Å². The fourth-order valence-electron chi connectivity index (χ4n) is 2.14. The molecule has 0 bridgehead atoms. The van der Waals surface area contributed by atoms with Crippen LogP contribution in [0.1, 0.15) is 18.1 Å². The molecule has 0 spiro atoms. The van der Waals surface area contributed by atoms with E-state index in [1.807, 2.05) is 19.1 Å². The molecule has 0 aliphatic carbocycles. The average molecular weight is 324 g/mol. The molecule has 118 valence electrons. The summed E-state index contributed by atoms with van der Waals surface area (Å²) in [6.45, 7) is 3.72. The summed E-state index contributed by atoms with van der Waals surface area (Å²) in [6.07, 6.45) is 0. The van der Waals surface area contributed by atoms with Gasteiger partial charge in [0.2, 0.25) is 0 Å². The maximum atomic E-state index is 12.8. The summed E-state index contributed by atoms with van der Waals surface area (Å²) >= 11 is 6.21. The Bertz CT molecular complexity index is 617. The van der Waals surface area contributed by atoms with Crippen LogP contribution in [0.5, 0.6) is 11.5 Å². The van der Waals surface area contributed by atoms with E-state index < -0.39 is 0 Å². The van der Waals surface area contributed by atoms with Crippen LogP contribution in [-0.2, 0) is 13.1 Å². The monoisotopic (exact) mass is 323 g/mol. The molecule has 0 aliphatic heterocycles. The molecule has 0 aromatic heterocycles. The third-order valence-electron chi connectivity index (χ3n) is 3.14. The lowest BCUT2D eigenvalue weighted by atomic mass is 10.2. The smallest absolute Gasteiger partial charge is 0.179 e. The number of hydrogen-bond donors (Lipinski definition) is 1. The molecule has 2 aromatic rings. The third kappa shape index (κ3) is 4.36. The molecule has 2 rings (SSSR count). The quantitative estimate of drug-likeness (QED) is 0.829. The summed E-state index contributed by atoms with van der Waals surface area (Å²) in [5, 5.41) is 3.81. The molecule has 0 amide bonds. The van der Waals surface area contributed by atoms with Crippen molar-refractivity contribution in [2.24, 2.45) is 0 Å². The number of methoxy groups -OCH3 is 1. The fourth-order valence-corrected chi connectivity index (χ4v) is 2.45. The van der Waals surface area contributed by atoms with Crippen molar-refractivity contribution in [1.82, 2.24) is 5.32 Å². The molecule has 22 heavy (non-hydrogen) atoms. The normalized spacial score (nSPS) is 10.5. The fraction of sp³-hybridized carbons (Fsp3) is 0.294. The predicted octanol–water partition coefficient (Wildman–Crippen LogP) is 4.18. The van der Waals surface area contributed by atoms with E-state index in [0.29, 0.717) is 36.2 Å². The molecule has 2 aromatic carbocycles. The zero-order chi connectivity index (χ0) is 15.9. The second-order valence-corrected chi connectivity index (χ2v) is 5.18. The highest BCUT2D eigenvalue weighted by atomic mass is 35.5. The number of halogens is 2. The first-order valence-electron chi connectivity index (χ1n) is 7.08. The Kier molecular flexibility index (Phi) is 6.04. The maximum absolute atomic E-state index is 12.8. The van der Waals surface area contributed by atoms with Gasteiger partial charge in [0, 0.05) is 13.1 Å². The molecule has 0 saturated carbocycles. The first-order chi connectivity index (χ1) is 10.6. The molecule has 0 aliphatic rings. The van der Waals surface area contributed by atoms with Crippen LogP contribution in [0.25, 0.3) is 0 Å². The Hall–Kier alpha value is -1.78. The van der Waals surface area contributed by atoms with Gasteiger partial charge in [-0.25, -0.2) is 4.39 Å². The molecule has 0 fully saturated rings. The van der Waals surface area contributed by atoms with Crippen molar-refractivity contribution in [2.75, 3.05) is 13.7 Å². The van der Waals surface area contributed by atoms with Gasteiger partial charge in [-0.2, -0.15) is 0 Å². The summed E-state index contributed by atoms with van der Waals surface area (Å²) in [5.74, 6) is 0.953. The van der Waals surface area contributed by atoms with Crippen molar-refractivity contribution in [3.05, 3.63) is 58.4 Å². The number of hydrogen-bond acceptors (Lipinski definition) is 3. The molecule has 0 saturated heterocycles. The Morgan fingerprint density at radius 2 is 1.77 bits per heavy atom. The number of nitrogens with one attached hydrogen (secondary N) is 1. The van der Waals surface area contributed by atoms with E-state index in [1.165, 1.54) is 12.1 Å². The van der Waals surface area contributed by atoms with Crippen molar-refractivity contribution >= 4 is 11.6 Å². The molecule has 0 unspecified atom stereocenters. The Balaban J connectivity index is 2.01. The van der Waals surface area contributed by atoms with E-state index in [2.05, 4.69) is 5.32 Å². The van der Waals surface area contributed by atoms with Gasteiger partial charge in [-0.3, -0.25) is 0 Å². The number of ether oxygens (including phenoxy) is 2. The Morgan fingerprint density at radius 3 is 2.41 bits per heavy atom. The van der Waals surface area contributed by atoms with Gasteiger partial charge in [0.25, 0.3) is 0 Å². The van der Waals surface area contributed by atoms with Gasteiger partial charge in [-0.05, 0) is 42.3 Å². The van der Waals surface area contributed by atoms with E-state index in [0.717, 1.165) is 11.1 Å². The Morgan fingerprint density at radius 1 is 1.09 bits per heavy atom. The van der Waals surface area contributed by atoms with Gasteiger partial charge < -0.3 is 14.8 Å². The molecule has 0 atom stereocenters. The number of rotatable bonds is 7. The van der Waals surface area contributed by atoms with Crippen molar-refractivity contribution in [3.8, 4) is 11.5 Å². The largest absolute Gasteiger partial charge is 0.491 e. The molecular weight excluding hydrogens is 305 g/mol. The highest BCUT2D eigenvalue weighted by Gasteiger charge is 2.11. The van der Waals surface area contributed by atoms with E-state index in [4.69, 9.17) is 21.1 Å². The van der Waals surface area contributed by atoms with Crippen LogP contribution >= 0.6 is 11.6 Å². The zero-order valence-electron chi connectivity index (χ0n) is 12.7. The van der Waals surface area contributed by atoms with Crippen LogP contribution in [0.3, 0.4) is 0 Å². The lowest BCUT2D eigenvalue weighted by Gasteiger charge is -2.13. The summed E-state index contributed by atoms with van der Waals surface area (Å²) in [4.78, 5) is 0. The summed E-state index contributed by atoms with van der Waals surface area (Å²) in [6, 6.07) is 10.2. The minimum atomic E-state index is -0.230. The predicted molar refractivity (Wildman–Crippen MR) is 86.1 cm³/mol. The van der Waals surface area contributed by atoms with Crippen molar-refractivity contribution in [1.29, 1.82) is 0 Å². The molecule has 3 nitrogen and oxygen atoms in total. The summed E-state index contributed by atoms with van der Waals surface area (Å²) in [7, 11) is 1.57. The Labute approximate surface area is 135 Å². The van der Waals surface area contributed by atoms with Gasteiger partial charge in [0.15, 0.2) is 11.5 Å². The van der Waals surface area contributed by atoms with Crippen LogP contribution in [0, 0.1) is 5.82 Å². The lowest BCUT2D eigenvalue weighted by Crippen LogP contribution is -2.13. The topological polar surface area (TPSA) is 30.5 Å². The van der Waals surface area contributed by atoms with E-state index in [-0.39, 0.29) is 5.82 Å². The molecule has 5 heteroatoms. The minimum absolute atomic E-state index is 0.230. The van der Waals surface area contributed by atoms with Crippen LogP contribution < -0.4 is 14.8 Å². The van der Waals surface area contributed by atoms with Crippen molar-refractivity contribution < 1.29 is 13.9 Å². The van der Waals surface area contributed by atoms with Gasteiger partial charge in [-0.15, -0.1) is 0 Å². The molecule has 0 radical (unpaired) electrons. The minimum Gasteiger partial charge on any atom is -0.491 e. The SMILES string of the molecule is CCOc1cc(CNCc2ccc(F)cc2)cc(Cl)c1OC. The number of benzene rings is 2. The van der Waals surface area contributed by atoms with Crippen molar-refractivity contribution in [2.45, 2.75) is 20.0 Å². The lowest BCUT2D eigenvalue weighted by molar-refractivity contribution is 0.310. The van der Waals surface area contributed by atoms with Crippen LogP contribution in [0.15, 0.2) is 36.4 Å². The summed E-state index contributed by atoms with van der Waals surface area (Å²) in [5.41, 5.74) is 2.02. The average Bonchev–Trinajstić information content (AvgIpc) is 2.49. The first-order valence-corrected chi connectivity index (χ1v) is 7.46. The van der Waals surface area contributed by atoms with Crippen LogP contribution in [0.4, 0.5) is 4.39 Å². The van der Waals surface area contributed by atoms with Crippen LogP contribution in [-0.4, -0.2) is 13.7 Å². The maximum Gasteiger partial charge on any atom is 0.179 e. The zero-order valence-corrected chi connectivity index (χ0v) is 13.4. The van der Waals surface area contributed by atoms with E-state index in [1.54, 1.807) is 19.2 Å². The van der Waals surface area contributed by atoms with E-state index >= 15 is 0 Å².